The standard InChI is InChI=1S/C26H38S2/c1-3-5-7-9-11-13-15-23-17-19-25(27-23)21-22-26-20-18-24(28-26)16-14-12-10-8-6-4-2/h17-20H,3-13,15,21-22H2,1-2H3. The Hall–Kier alpha value is -1.04. The summed E-state index contributed by atoms with van der Waals surface area (Å²) in [7, 11) is 0. The van der Waals surface area contributed by atoms with Crippen LogP contribution in [-0.4, -0.2) is 0 Å². The number of unbranched alkanes of at least 4 members (excludes halogenated alkanes) is 9. The fraction of sp³-hybridized carbons (Fsp3) is 0.615. The van der Waals surface area contributed by atoms with E-state index in [1.165, 1.54) is 91.7 Å². The molecule has 0 aliphatic rings. The van der Waals surface area contributed by atoms with Crippen LogP contribution in [0, 0.1) is 11.8 Å². The number of thiophene rings is 2. The zero-order valence-corrected chi connectivity index (χ0v) is 19.7. The maximum absolute atomic E-state index is 3.36. The quantitative estimate of drug-likeness (QED) is 0.214. The van der Waals surface area contributed by atoms with Crippen molar-refractivity contribution in [3.8, 4) is 11.8 Å². The van der Waals surface area contributed by atoms with Crippen LogP contribution in [0.5, 0.6) is 0 Å². The highest BCUT2D eigenvalue weighted by atomic mass is 32.1. The third kappa shape index (κ3) is 9.94. The SMILES string of the molecule is CCCCCCC#Cc1ccc(CCc2ccc(CCCCCCCC)s2)s1. The van der Waals surface area contributed by atoms with Gasteiger partial charge in [0.15, 0.2) is 0 Å². The normalized spacial score (nSPS) is 10.8. The molecule has 2 heterocycles. The maximum Gasteiger partial charge on any atom is 0.0771 e. The predicted octanol–water partition coefficient (Wildman–Crippen LogP) is 8.82. The first kappa shape index (κ1) is 23.2. The predicted molar refractivity (Wildman–Crippen MR) is 129 cm³/mol. The van der Waals surface area contributed by atoms with Crippen LogP contribution >= 0.6 is 22.7 Å². The largest absolute Gasteiger partial charge is 0.145 e. The number of hydrogen-bond acceptors (Lipinski definition) is 2. The van der Waals surface area contributed by atoms with Gasteiger partial charge in [-0.05, 0) is 56.4 Å². The van der Waals surface area contributed by atoms with Gasteiger partial charge >= 0.3 is 0 Å². The highest BCUT2D eigenvalue weighted by Crippen LogP contribution is 2.23. The highest BCUT2D eigenvalue weighted by Gasteiger charge is 2.03. The first-order valence-electron chi connectivity index (χ1n) is 11.5. The molecule has 0 aromatic carbocycles. The van der Waals surface area contributed by atoms with E-state index in [1.54, 1.807) is 4.88 Å². The van der Waals surface area contributed by atoms with Gasteiger partial charge in [-0.1, -0.05) is 77.1 Å². The monoisotopic (exact) mass is 414 g/mol. The van der Waals surface area contributed by atoms with Crippen LogP contribution in [0.3, 0.4) is 0 Å². The van der Waals surface area contributed by atoms with E-state index in [0.29, 0.717) is 0 Å². The van der Waals surface area contributed by atoms with Crippen LogP contribution in [0.15, 0.2) is 24.3 Å². The molecule has 2 rings (SSSR count). The Morgan fingerprint density at radius 2 is 1.18 bits per heavy atom. The average Bonchev–Trinajstić information content (AvgIpc) is 3.35. The van der Waals surface area contributed by atoms with E-state index in [9.17, 15) is 0 Å². The molecule has 154 valence electrons. The summed E-state index contributed by atoms with van der Waals surface area (Å²) in [5.41, 5.74) is 0. The Morgan fingerprint density at radius 1 is 0.607 bits per heavy atom. The molecule has 0 amide bonds. The van der Waals surface area contributed by atoms with Crippen LogP contribution in [0.2, 0.25) is 0 Å². The van der Waals surface area contributed by atoms with E-state index in [2.05, 4.69) is 50.0 Å². The summed E-state index contributed by atoms with van der Waals surface area (Å²) in [6.45, 7) is 4.54. The van der Waals surface area contributed by atoms with Gasteiger partial charge in [0.2, 0.25) is 0 Å². The minimum Gasteiger partial charge on any atom is -0.145 e. The van der Waals surface area contributed by atoms with Crippen LogP contribution in [0.25, 0.3) is 0 Å². The van der Waals surface area contributed by atoms with Crippen molar-refractivity contribution >= 4 is 22.7 Å². The molecule has 0 atom stereocenters. The zero-order chi connectivity index (χ0) is 19.9. The summed E-state index contributed by atoms with van der Waals surface area (Å²) in [6.07, 6.45) is 18.2. The molecule has 0 fully saturated rings. The third-order valence-electron chi connectivity index (χ3n) is 5.14. The Morgan fingerprint density at radius 3 is 1.93 bits per heavy atom. The van der Waals surface area contributed by atoms with Gasteiger partial charge in [0.05, 0.1) is 4.88 Å². The second-order valence-electron chi connectivity index (χ2n) is 7.76. The average molecular weight is 415 g/mol. The van der Waals surface area contributed by atoms with Crippen molar-refractivity contribution in [2.75, 3.05) is 0 Å². The van der Waals surface area contributed by atoms with E-state index < -0.39 is 0 Å². The molecule has 0 saturated carbocycles. The van der Waals surface area contributed by atoms with Crippen LogP contribution in [0.1, 0.15) is 104 Å². The number of aryl methyl sites for hydroxylation is 3. The first-order valence-corrected chi connectivity index (χ1v) is 13.1. The summed E-state index contributed by atoms with van der Waals surface area (Å²) in [5.74, 6) is 6.71. The lowest BCUT2D eigenvalue weighted by atomic mass is 10.1. The Kier molecular flexibility index (Phi) is 12.4. The molecule has 0 aliphatic heterocycles. The summed E-state index contributed by atoms with van der Waals surface area (Å²) in [5, 5.41) is 0. The molecule has 0 nitrogen and oxygen atoms in total. The van der Waals surface area contributed by atoms with Crippen molar-refractivity contribution in [1.29, 1.82) is 0 Å². The second-order valence-corrected chi connectivity index (χ2v) is 10.2. The molecule has 0 saturated heterocycles. The van der Waals surface area contributed by atoms with E-state index in [0.717, 1.165) is 12.8 Å². The minimum absolute atomic E-state index is 1.05. The Balaban J connectivity index is 1.64. The van der Waals surface area contributed by atoms with Gasteiger partial charge in [-0.25, -0.2) is 0 Å². The van der Waals surface area contributed by atoms with Crippen molar-refractivity contribution < 1.29 is 0 Å². The summed E-state index contributed by atoms with van der Waals surface area (Å²) >= 11 is 3.91. The lowest BCUT2D eigenvalue weighted by molar-refractivity contribution is 0.609. The van der Waals surface area contributed by atoms with Gasteiger partial charge in [0.25, 0.3) is 0 Å². The molecule has 0 radical (unpaired) electrons. The van der Waals surface area contributed by atoms with Crippen molar-refractivity contribution in [1.82, 2.24) is 0 Å². The van der Waals surface area contributed by atoms with Gasteiger partial charge in [0, 0.05) is 21.1 Å². The van der Waals surface area contributed by atoms with Gasteiger partial charge in [-0.15, -0.1) is 22.7 Å². The summed E-state index contributed by atoms with van der Waals surface area (Å²) < 4.78 is 0. The molecule has 2 heteroatoms. The van der Waals surface area contributed by atoms with E-state index >= 15 is 0 Å². The molecule has 2 aromatic rings. The van der Waals surface area contributed by atoms with Gasteiger partial charge in [0.1, 0.15) is 0 Å². The van der Waals surface area contributed by atoms with Crippen molar-refractivity contribution in [2.45, 2.75) is 104 Å². The summed E-state index contributed by atoms with van der Waals surface area (Å²) in [6, 6.07) is 9.19. The fourth-order valence-electron chi connectivity index (χ4n) is 3.39. The first-order chi connectivity index (χ1) is 13.8. The third-order valence-corrected chi connectivity index (χ3v) is 7.41. The fourth-order valence-corrected chi connectivity index (χ4v) is 5.33. The lowest BCUT2D eigenvalue weighted by Crippen LogP contribution is -1.84. The molecule has 0 aliphatic carbocycles. The van der Waals surface area contributed by atoms with Gasteiger partial charge < -0.3 is 0 Å². The maximum atomic E-state index is 3.36. The highest BCUT2D eigenvalue weighted by molar-refractivity contribution is 7.12. The second kappa shape index (κ2) is 14.9. The number of hydrogen-bond donors (Lipinski definition) is 0. The molecule has 28 heavy (non-hydrogen) atoms. The molecular weight excluding hydrogens is 376 g/mol. The molecule has 2 aromatic heterocycles. The Bertz CT molecular complexity index is 695. The lowest BCUT2D eigenvalue weighted by Gasteiger charge is -1.99. The van der Waals surface area contributed by atoms with Crippen LogP contribution < -0.4 is 0 Å². The molecule has 0 spiro atoms. The topological polar surface area (TPSA) is 0 Å². The smallest absolute Gasteiger partial charge is 0.0771 e. The zero-order valence-electron chi connectivity index (χ0n) is 18.0. The molecule has 0 N–H and O–H groups in total. The van der Waals surface area contributed by atoms with Crippen molar-refractivity contribution in [3.63, 3.8) is 0 Å². The van der Waals surface area contributed by atoms with E-state index in [4.69, 9.17) is 0 Å². The van der Waals surface area contributed by atoms with E-state index in [-0.39, 0.29) is 0 Å². The van der Waals surface area contributed by atoms with Crippen molar-refractivity contribution in [3.05, 3.63) is 43.8 Å². The van der Waals surface area contributed by atoms with Crippen molar-refractivity contribution in [2.24, 2.45) is 0 Å². The van der Waals surface area contributed by atoms with Crippen LogP contribution in [0.4, 0.5) is 0 Å². The minimum atomic E-state index is 1.05. The van der Waals surface area contributed by atoms with Crippen LogP contribution in [-0.2, 0) is 19.3 Å². The van der Waals surface area contributed by atoms with Gasteiger partial charge in [-0.3, -0.25) is 0 Å². The van der Waals surface area contributed by atoms with Gasteiger partial charge in [-0.2, -0.15) is 0 Å². The summed E-state index contributed by atoms with van der Waals surface area (Å²) in [4.78, 5) is 5.82. The Labute approximate surface area is 181 Å². The van der Waals surface area contributed by atoms with E-state index in [1.807, 2.05) is 22.7 Å². The number of rotatable bonds is 14. The molecular formula is C26H38S2. The molecule has 0 unspecified atom stereocenters. The molecule has 0 bridgehead atoms.